The number of rotatable bonds is 6. The summed E-state index contributed by atoms with van der Waals surface area (Å²) >= 11 is 0. The van der Waals surface area contributed by atoms with Gasteiger partial charge >= 0.3 is 5.97 Å². The molecule has 1 amide bonds. The van der Waals surface area contributed by atoms with Gasteiger partial charge in [-0.2, -0.15) is 0 Å². The molecule has 4 bridgehead atoms. The van der Waals surface area contributed by atoms with Gasteiger partial charge < -0.3 is 14.5 Å². The van der Waals surface area contributed by atoms with E-state index in [1.807, 2.05) is 36.4 Å². The quantitative estimate of drug-likeness (QED) is 0.516. The van der Waals surface area contributed by atoms with E-state index >= 15 is 0 Å². The van der Waals surface area contributed by atoms with Gasteiger partial charge in [0.25, 0.3) is 5.91 Å². The number of esters is 1. The van der Waals surface area contributed by atoms with Gasteiger partial charge in [0, 0.05) is 17.0 Å². The number of hydrogen-bond donors (Lipinski definition) is 1. The number of carbonyl (C=O) groups is 2. The first-order chi connectivity index (χ1) is 16.0. The van der Waals surface area contributed by atoms with Crippen LogP contribution in [0.5, 0.6) is 0 Å². The second-order valence-electron chi connectivity index (χ2n) is 10.8. The molecular formula is C28H31NO4. The molecule has 1 aromatic heterocycles. The third kappa shape index (κ3) is 3.71. The predicted molar refractivity (Wildman–Crippen MR) is 127 cm³/mol. The molecule has 4 fully saturated rings. The molecule has 5 heteroatoms. The number of hydrogen-bond acceptors (Lipinski definition) is 4. The van der Waals surface area contributed by atoms with Gasteiger partial charge in [-0.05, 0) is 85.5 Å². The van der Waals surface area contributed by atoms with Crippen LogP contribution in [0.3, 0.4) is 0 Å². The molecule has 1 atom stereocenters. The number of carbonyl (C=O) groups excluding carboxylic acids is 2. The fourth-order valence-electron chi connectivity index (χ4n) is 7.50. The van der Waals surface area contributed by atoms with Crippen LogP contribution in [0.1, 0.15) is 51.0 Å². The fourth-order valence-corrected chi connectivity index (χ4v) is 7.50. The maximum Gasteiger partial charge on any atom is 0.310 e. The molecule has 3 aromatic rings. The van der Waals surface area contributed by atoms with Gasteiger partial charge in [0.15, 0.2) is 6.61 Å². The number of fused-ring (bicyclic) bond motifs is 3. The lowest BCUT2D eigenvalue weighted by Gasteiger charge is -2.59. The van der Waals surface area contributed by atoms with Gasteiger partial charge in [-0.1, -0.05) is 30.3 Å². The second-order valence-corrected chi connectivity index (χ2v) is 10.8. The van der Waals surface area contributed by atoms with E-state index in [2.05, 4.69) is 12.2 Å². The highest BCUT2D eigenvalue weighted by Crippen LogP contribution is 2.61. The van der Waals surface area contributed by atoms with E-state index in [1.165, 1.54) is 38.5 Å². The Bertz CT molecular complexity index is 1190. The van der Waals surface area contributed by atoms with E-state index < -0.39 is 5.97 Å². The Labute approximate surface area is 193 Å². The summed E-state index contributed by atoms with van der Waals surface area (Å²) in [4.78, 5) is 25.2. The van der Waals surface area contributed by atoms with Crippen molar-refractivity contribution in [1.29, 1.82) is 0 Å². The first kappa shape index (κ1) is 20.8. The minimum Gasteiger partial charge on any atom is -0.464 e. The number of benzene rings is 2. The predicted octanol–water partition coefficient (Wildman–Crippen LogP) is 5.39. The van der Waals surface area contributed by atoms with Crippen molar-refractivity contribution in [2.24, 2.45) is 23.2 Å². The summed E-state index contributed by atoms with van der Waals surface area (Å²) in [5, 5.41) is 6.25. The molecule has 1 heterocycles. The van der Waals surface area contributed by atoms with Crippen molar-refractivity contribution in [2.75, 3.05) is 6.61 Å². The Balaban J connectivity index is 1.08. The fraction of sp³-hybridized carbons (Fsp3) is 0.500. The smallest absolute Gasteiger partial charge is 0.310 e. The van der Waals surface area contributed by atoms with Crippen molar-refractivity contribution in [2.45, 2.75) is 57.9 Å². The maximum atomic E-state index is 12.6. The van der Waals surface area contributed by atoms with E-state index in [-0.39, 0.29) is 30.4 Å². The van der Waals surface area contributed by atoms with E-state index in [0.29, 0.717) is 0 Å². The maximum absolute atomic E-state index is 12.6. The summed E-state index contributed by atoms with van der Waals surface area (Å²) in [5.41, 5.74) is 1.78. The standard InChI is InChI=1S/C28H31NO4/c1-17(28-12-18-8-19(13-28)10-20(9-18)14-28)29-25(30)16-33-26(31)11-22-15-32-24-7-6-21-4-2-3-5-23(21)27(22)24/h2-7,15,17-20H,8-14,16H2,1H3,(H,29,30)/t17-,18?,19?,20?,28?/m0/s1. The highest BCUT2D eigenvalue weighted by atomic mass is 16.5. The lowest BCUT2D eigenvalue weighted by atomic mass is 9.48. The summed E-state index contributed by atoms with van der Waals surface area (Å²) in [6, 6.07) is 12.1. The van der Waals surface area contributed by atoms with Crippen molar-refractivity contribution >= 4 is 33.6 Å². The summed E-state index contributed by atoms with van der Waals surface area (Å²) < 4.78 is 11.0. The molecule has 0 spiro atoms. The normalized spacial score (nSPS) is 28.8. The molecule has 0 saturated heterocycles. The molecule has 2 aromatic carbocycles. The third-order valence-electron chi connectivity index (χ3n) is 8.62. The molecule has 4 aliphatic carbocycles. The number of ether oxygens (including phenoxy) is 1. The molecule has 0 radical (unpaired) electrons. The van der Waals surface area contributed by atoms with Crippen LogP contribution in [0.15, 0.2) is 47.1 Å². The Morgan fingerprint density at radius 3 is 2.48 bits per heavy atom. The molecule has 1 N–H and O–H groups in total. The van der Waals surface area contributed by atoms with Crippen molar-refractivity contribution < 1.29 is 18.7 Å². The minimum atomic E-state index is -0.414. The Morgan fingerprint density at radius 1 is 1.06 bits per heavy atom. The van der Waals surface area contributed by atoms with E-state index in [9.17, 15) is 9.59 Å². The molecule has 0 aliphatic heterocycles. The number of amides is 1. The first-order valence-electron chi connectivity index (χ1n) is 12.3. The van der Waals surface area contributed by atoms with E-state index in [0.717, 1.165) is 45.1 Å². The SMILES string of the molecule is C[C@H](NC(=O)COC(=O)Cc1coc2ccc3ccccc3c12)C12CC3CC(CC(C3)C1)C2. The Hall–Kier alpha value is -2.82. The highest BCUT2D eigenvalue weighted by molar-refractivity contribution is 6.08. The monoisotopic (exact) mass is 445 g/mol. The minimum absolute atomic E-state index is 0.0822. The summed E-state index contributed by atoms with van der Waals surface area (Å²) in [7, 11) is 0. The average Bonchev–Trinajstić information content (AvgIpc) is 3.20. The Morgan fingerprint density at radius 2 is 1.76 bits per heavy atom. The zero-order chi connectivity index (χ0) is 22.6. The number of nitrogens with one attached hydrogen (secondary N) is 1. The van der Waals surface area contributed by atoms with E-state index in [4.69, 9.17) is 9.15 Å². The van der Waals surface area contributed by atoms with Gasteiger partial charge in [-0.25, -0.2) is 0 Å². The van der Waals surface area contributed by atoms with Crippen LogP contribution in [0.2, 0.25) is 0 Å². The molecule has 172 valence electrons. The van der Waals surface area contributed by atoms with Crippen molar-refractivity contribution in [3.8, 4) is 0 Å². The van der Waals surface area contributed by atoms with Gasteiger partial charge in [0.05, 0.1) is 12.7 Å². The Kier molecular flexibility index (Phi) is 4.97. The van der Waals surface area contributed by atoms with Gasteiger partial charge in [-0.3, -0.25) is 9.59 Å². The zero-order valence-electron chi connectivity index (χ0n) is 19.1. The first-order valence-corrected chi connectivity index (χ1v) is 12.3. The van der Waals surface area contributed by atoms with Gasteiger partial charge in [-0.15, -0.1) is 0 Å². The van der Waals surface area contributed by atoms with Crippen molar-refractivity contribution in [3.63, 3.8) is 0 Å². The van der Waals surface area contributed by atoms with Crippen LogP contribution in [0, 0.1) is 23.2 Å². The second kappa shape index (κ2) is 7.89. The van der Waals surface area contributed by atoms with Crippen molar-refractivity contribution in [1.82, 2.24) is 5.32 Å². The molecular weight excluding hydrogens is 414 g/mol. The largest absolute Gasteiger partial charge is 0.464 e. The van der Waals surface area contributed by atoms with Crippen LogP contribution in [0.4, 0.5) is 0 Å². The van der Waals surface area contributed by atoms with Crippen molar-refractivity contribution in [3.05, 3.63) is 48.2 Å². The highest BCUT2D eigenvalue weighted by Gasteiger charge is 2.53. The molecule has 33 heavy (non-hydrogen) atoms. The molecule has 4 aliphatic rings. The zero-order valence-corrected chi connectivity index (χ0v) is 19.1. The van der Waals surface area contributed by atoms with E-state index in [1.54, 1.807) is 6.26 Å². The lowest BCUT2D eigenvalue weighted by Crippen LogP contribution is -2.56. The summed E-state index contributed by atoms with van der Waals surface area (Å²) in [6.07, 6.45) is 9.57. The molecule has 7 rings (SSSR count). The number of furan rings is 1. The summed E-state index contributed by atoms with van der Waals surface area (Å²) in [6.45, 7) is 1.92. The topological polar surface area (TPSA) is 68.5 Å². The molecule has 0 unspecified atom stereocenters. The van der Waals surface area contributed by atoms with Gasteiger partial charge in [0.1, 0.15) is 5.58 Å². The molecule has 5 nitrogen and oxygen atoms in total. The van der Waals surface area contributed by atoms with Crippen LogP contribution in [0.25, 0.3) is 21.7 Å². The van der Waals surface area contributed by atoms with Crippen LogP contribution >= 0.6 is 0 Å². The third-order valence-corrected chi connectivity index (χ3v) is 8.62. The van der Waals surface area contributed by atoms with Crippen LogP contribution in [-0.2, 0) is 20.7 Å². The van der Waals surface area contributed by atoms with Crippen LogP contribution in [-0.4, -0.2) is 24.5 Å². The van der Waals surface area contributed by atoms with Gasteiger partial charge in [0.2, 0.25) is 0 Å². The average molecular weight is 446 g/mol. The van der Waals surface area contributed by atoms with Crippen LogP contribution < -0.4 is 5.32 Å². The lowest BCUT2D eigenvalue weighted by molar-refractivity contribution is -0.148. The molecule has 4 saturated carbocycles. The summed E-state index contributed by atoms with van der Waals surface area (Å²) in [5.74, 6) is 1.91.